The van der Waals surface area contributed by atoms with Crippen LogP contribution in [0.1, 0.15) is 23.7 Å². The summed E-state index contributed by atoms with van der Waals surface area (Å²) in [5.41, 5.74) is -0.170. The molecule has 0 aliphatic carbocycles. The van der Waals surface area contributed by atoms with Gasteiger partial charge in [-0.3, -0.25) is 14.3 Å². The summed E-state index contributed by atoms with van der Waals surface area (Å²) in [5.74, 6) is -0.545. The third kappa shape index (κ3) is 4.99. The minimum atomic E-state index is -4.30. The lowest BCUT2D eigenvalue weighted by atomic mass is 10.2. The van der Waals surface area contributed by atoms with Crippen LogP contribution in [0.25, 0.3) is 0 Å². The van der Waals surface area contributed by atoms with Crippen LogP contribution in [-0.4, -0.2) is 53.5 Å². The largest absolute Gasteiger partial charge is 0.481 e. The van der Waals surface area contributed by atoms with Gasteiger partial charge in [0.2, 0.25) is 17.7 Å². The van der Waals surface area contributed by atoms with Crippen LogP contribution in [0.4, 0.5) is 5.95 Å². The number of carbonyl (C=O) groups is 1. The third-order valence-electron chi connectivity index (χ3n) is 3.33. The number of carbonyl (C=O) groups excluding carboxylic acids is 1. The predicted molar refractivity (Wildman–Crippen MR) is 100 cm³/mol. The van der Waals surface area contributed by atoms with Crippen LogP contribution in [0, 0.1) is 0 Å². The van der Waals surface area contributed by atoms with Gasteiger partial charge in [-0.2, -0.15) is 9.97 Å². The Bertz CT molecular complexity index is 990. The van der Waals surface area contributed by atoms with Gasteiger partial charge >= 0.3 is 0 Å². The summed E-state index contributed by atoms with van der Waals surface area (Å²) in [4.78, 5) is 24.1. The molecule has 1 unspecified atom stereocenters. The Morgan fingerprint density at radius 3 is 2.36 bits per heavy atom. The number of nitrogens with one attached hydrogen (secondary N) is 1. The Hall–Kier alpha value is -2.64. The summed E-state index contributed by atoms with van der Waals surface area (Å²) in [6, 6.07) is 2.65. The first-order valence-corrected chi connectivity index (χ1v) is 10.8. The number of nitrogens with zero attached hydrogens (tertiary/aromatic N) is 3. The molecule has 2 aromatic rings. The first-order valence-electron chi connectivity index (χ1n) is 7.89. The van der Waals surface area contributed by atoms with E-state index in [1.165, 1.54) is 26.4 Å². The lowest BCUT2D eigenvalue weighted by Gasteiger charge is -2.12. The molecule has 0 saturated heterocycles. The van der Waals surface area contributed by atoms with E-state index in [1.54, 1.807) is 6.92 Å². The Kier molecular flexibility index (Phi) is 6.99. The van der Waals surface area contributed by atoms with Gasteiger partial charge in [0.25, 0.3) is 15.9 Å². The lowest BCUT2D eigenvalue weighted by Crippen LogP contribution is -2.23. The summed E-state index contributed by atoms with van der Waals surface area (Å²) in [5, 5.41) is 6.96. The minimum absolute atomic E-state index is 0.123. The van der Waals surface area contributed by atoms with Crippen molar-refractivity contribution in [3.63, 3.8) is 0 Å². The molecule has 11 nitrogen and oxygen atoms in total. The number of primary sulfonamides is 1. The van der Waals surface area contributed by atoms with Crippen LogP contribution in [0.5, 0.6) is 11.8 Å². The maximum atomic E-state index is 12.8. The number of aromatic nitrogens is 3. The molecule has 2 rings (SSSR count). The molecule has 0 bridgehead atoms. The fourth-order valence-corrected chi connectivity index (χ4v) is 4.59. The van der Waals surface area contributed by atoms with E-state index >= 15 is 0 Å². The van der Waals surface area contributed by atoms with Crippen LogP contribution in [0.3, 0.4) is 0 Å². The molecule has 1 amide bonds. The molecule has 28 heavy (non-hydrogen) atoms. The first kappa shape index (κ1) is 21.7. The molecule has 0 aromatic carbocycles. The zero-order valence-corrected chi connectivity index (χ0v) is 17.0. The second-order valence-corrected chi connectivity index (χ2v) is 8.30. The van der Waals surface area contributed by atoms with Gasteiger partial charge in [-0.05, 0) is 12.5 Å². The van der Waals surface area contributed by atoms with E-state index < -0.39 is 31.8 Å². The Morgan fingerprint density at radius 2 is 1.86 bits per heavy atom. The average Bonchev–Trinajstić information content (AvgIpc) is 2.66. The molecule has 0 saturated carbocycles. The van der Waals surface area contributed by atoms with Gasteiger partial charge in [-0.1, -0.05) is 6.92 Å². The second-order valence-electron chi connectivity index (χ2n) is 5.32. The van der Waals surface area contributed by atoms with Crippen molar-refractivity contribution in [3.8, 4) is 11.8 Å². The van der Waals surface area contributed by atoms with Gasteiger partial charge in [0.05, 0.1) is 41.5 Å². The molecule has 0 spiro atoms. The topological polar surface area (TPSA) is 163 Å². The Labute approximate surface area is 164 Å². The molecular formula is C15H19N5O6S2. The number of nitrogens with two attached hydrogens (primary N) is 1. The highest BCUT2D eigenvalue weighted by molar-refractivity contribution is 7.90. The molecule has 0 fully saturated rings. The molecule has 0 aliphatic heterocycles. The first-order chi connectivity index (χ1) is 13.2. The van der Waals surface area contributed by atoms with Crippen molar-refractivity contribution in [1.29, 1.82) is 0 Å². The third-order valence-corrected chi connectivity index (χ3v) is 5.95. The summed E-state index contributed by atoms with van der Waals surface area (Å²) in [6.45, 7) is 1.76. The predicted octanol–water partition coefficient (Wildman–Crippen LogP) is 0.306. The molecular weight excluding hydrogens is 410 g/mol. The van der Waals surface area contributed by atoms with Crippen molar-refractivity contribution in [2.24, 2.45) is 5.14 Å². The van der Waals surface area contributed by atoms with Gasteiger partial charge in [-0.15, -0.1) is 0 Å². The van der Waals surface area contributed by atoms with Crippen LogP contribution in [-0.2, 0) is 20.8 Å². The molecule has 0 aliphatic rings. The molecule has 13 heteroatoms. The van der Waals surface area contributed by atoms with E-state index in [0.717, 1.165) is 6.20 Å². The monoisotopic (exact) mass is 429 g/mol. The SMILES string of the molecule is CCCS(=O)c1c(C(=O)Nc2nc(OC)cc(OC)n2)ccnc1S(N)(=O)=O. The van der Waals surface area contributed by atoms with E-state index in [9.17, 15) is 17.4 Å². The van der Waals surface area contributed by atoms with Gasteiger partial charge in [0.15, 0.2) is 5.03 Å². The summed E-state index contributed by atoms with van der Waals surface area (Å²) < 4.78 is 46.3. The van der Waals surface area contributed by atoms with Crippen molar-refractivity contribution in [3.05, 3.63) is 23.9 Å². The van der Waals surface area contributed by atoms with Gasteiger partial charge in [0.1, 0.15) is 0 Å². The van der Waals surface area contributed by atoms with Crippen LogP contribution in [0.2, 0.25) is 0 Å². The highest BCUT2D eigenvalue weighted by Crippen LogP contribution is 2.23. The van der Waals surface area contributed by atoms with E-state index in [-0.39, 0.29) is 33.9 Å². The zero-order valence-electron chi connectivity index (χ0n) is 15.3. The fourth-order valence-electron chi connectivity index (χ4n) is 2.16. The maximum Gasteiger partial charge on any atom is 0.259 e. The Morgan fingerprint density at radius 1 is 1.25 bits per heavy atom. The average molecular weight is 429 g/mol. The normalized spacial score (nSPS) is 12.3. The fraction of sp³-hybridized carbons (Fsp3) is 0.333. The molecule has 2 heterocycles. The highest BCUT2D eigenvalue weighted by atomic mass is 32.2. The van der Waals surface area contributed by atoms with Crippen molar-refractivity contribution in [2.45, 2.75) is 23.3 Å². The van der Waals surface area contributed by atoms with Gasteiger partial charge in [0, 0.05) is 11.9 Å². The van der Waals surface area contributed by atoms with E-state index in [0.29, 0.717) is 6.42 Å². The van der Waals surface area contributed by atoms with E-state index in [1.807, 2.05) is 0 Å². The number of anilines is 1. The van der Waals surface area contributed by atoms with Gasteiger partial charge in [-0.25, -0.2) is 18.5 Å². The van der Waals surface area contributed by atoms with Crippen molar-refractivity contribution < 1.29 is 26.9 Å². The Balaban J connectivity index is 2.52. The number of rotatable bonds is 8. The van der Waals surface area contributed by atoms with Crippen molar-refractivity contribution in [2.75, 3.05) is 25.3 Å². The van der Waals surface area contributed by atoms with Crippen LogP contribution in [0.15, 0.2) is 28.3 Å². The number of hydrogen-bond acceptors (Lipinski definition) is 9. The number of sulfonamides is 1. The molecule has 152 valence electrons. The molecule has 2 aromatic heterocycles. The second kappa shape index (κ2) is 9.03. The molecule has 0 radical (unpaired) electrons. The smallest absolute Gasteiger partial charge is 0.259 e. The van der Waals surface area contributed by atoms with E-state index in [2.05, 4.69) is 20.3 Å². The molecule has 1 atom stereocenters. The summed E-state index contributed by atoms with van der Waals surface area (Å²) in [7, 11) is -3.37. The van der Waals surface area contributed by atoms with Crippen LogP contribution >= 0.6 is 0 Å². The minimum Gasteiger partial charge on any atom is -0.481 e. The lowest BCUT2D eigenvalue weighted by molar-refractivity contribution is 0.102. The quantitative estimate of drug-likeness (QED) is 0.601. The van der Waals surface area contributed by atoms with Crippen LogP contribution < -0.4 is 19.9 Å². The number of hydrogen-bond donors (Lipinski definition) is 2. The van der Waals surface area contributed by atoms with E-state index in [4.69, 9.17) is 14.6 Å². The summed E-state index contributed by atoms with van der Waals surface area (Å²) in [6.07, 6.45) is 1.58. The zero-order chi connectivity index (χ0) is 20.9. The van der Waals surface area contributed by atoms with Gasteiger partial charge < -0.3 is 9.47 Å². The number of amides is 1. The standard InChI is InChI=1S/C15H19N5O6S2/c1-4-7-27(22)12-9(5-6-17-14(12)28(16,23)24)13(21)20-15-18-10(25-2)8-11(19-15)26-3/h5-6,8H,4,7H2,1-3H3,(H2,16,23,24)(H,18,19,20,21). The highest BCUT2D eigenvalue weighted by Gasteiger charge is 2.27. The van der Waals surface area contributed by atoms with Crippen molar-refractivity contribution in [1.82, 2.24) is 15.0 Å². The maximum absolute atomic E-state index is 12.8. The number of ether oxygens (including phenoxy) is 2. The van der Waals surface area contributed by atoms with Crippen molar-refractivity contribution >= 4 is 32.7 Å². The summed E-state index contributed by atoms with van der Waals surface area (Å²) >= 11 is 0. The molecule has 3 N–H and O–H groups in total. The number of pyridine rings is 1. The number of methoxy groups -OCH3 is 2.